The number of fused-ring (bicyclic) bond motifs is 1. The van der Waals surface area contributed by atoms with Gasteiger partial charge in [-0.1, -0.05) is 42.5 Å². The van der Waals surface area contributed by atoms with Crippen LogP contribution < -0.4 is 34.7 Å². The van der Waals surface area contributed by atoms with Gasteiger partial charge in [-0.25, -0.2) is 0 Å². The Bertz CT molecular complexity index is 803. The summed E-state index contributed by atoms with van der Waals surface area (Å²) in [5, 5.41) is 14.3. The van der Waals surface area contributed by atoms with Crippen LogP contribution in [-0.2, 0) is 16.5 Å². The Hall–Kier alpha value is -0.570. The molecule has 0 bridgehead atoms. The Labute approximate surface area is 169 Å². The first-order valence-corrected chi connectivity index (χ1v) is 9.39. The van der Waals surface area contributed by atoms with E-state index >= 15 is 0 Å². The van der Waals surface area contributed by atoms with E-state index in [-0.39, 0.29) is 36.1 Å². The fraction of sp³-hybridized carbons (Fsp3) is 0.312. The number of thiol groups is 1. The molecule has 1 atom stereocenters. The first-order chi connectivity index (χ1) is 10.9. The smallest absolute Gasteiger partial charge is 0.862 e. The van der Waals surface area contributed by atoms with E-state index in [1.54, 1.807) is 0 Å². The molecule has 0 radical (unpaired) electrons. The SMILES string of the molecule is O=S(=O)(O)CCN=C([O-])C(CS)Cc1cccc2ccccc12.[Na+]. The molecule has 2 aromatic rings. The van der Waals surface area contributed by atoms with Crippen LogP contribution in [-0.4, -0.2) is 36.9 Å². The van der Waals surface area contributed by atoms with E-state index in [0.29, 0.717) is 12.2 Å². The Morgan fingerprint density at radius 2 is 1.88 bits per heavy atom. The molecule has 124 valence electrons. The quantitative estimate of drug-likeness (QED) is 0.204. The van der Waals surface area contributed by atoms with E-state index in [9.17, 15) is 13.5 Å². The average Bonchev–Trinajstić information content (AvgIpc) is 2.51. The first kappa shape index (κ1) is 21.5. The van der Waals surface area contributed by atoms with E-state index in [1.165, 1.54) is 0 Å². The third kappa shape index (κ3) is 6.38. The molecule has 8 heteroatoms. The van der Waals surface area contributed by atoms with Crippen LogP contribution in [0.25, 0.3) is 10.8 Å². The number of nitrogens with zero attached hydrogens (tertiary/aromatic N) is 1. The minimum Gasteiger partial charge on any atom is -0.862 e. The molecule has 0 aromatic heterocycles. The monoisotopic (exact) mass is 375 g/mol. The normalized spacial score (nSPS) is 13.5. The number of hydrogen-bond donors (Lipinski definition) is 2. The fourth-order valence-electron chi connectivity index (χ4n) is 2.37. The van der Waals surface area contributed by atoms with Gasteiger partial charge in [0.1, 0.15) is 0 Å². The molecule has 0 amide bonds. The van der Waals surface area contributed by atoms with Crippen LogP contribution in [0.5, 0.6) is 0 Å². The Morgan fingerprint density at radius 1 is 1.21 bits per heavy atom. The van der Waals surface area contributed by atoms with Gasteiger partial charge in [-0.15, -0.1) is 0 Å². The van der Waals surface area contributed by atoms with Gasteiger partial charge in [-0.3, -0.25) is 4.55 Å². The molecular formula is C16H18NNaO4S2. The van der Waals surface area contributed by atoms with Crippen LogP contribution in [0.1, 0.15) is 5.56 Å². The predicted octanol–water partition coefficient (Wildman–Crippen LogP) is -1.42. The minimum absolute atomic E-state index is 0. The maximum absolute atomic E-state index is 12.1. The number of benzene rings is 2. The summed E-state index contributed by atoms with van der Waals surface area (Å²) in [5.41, 5.74) is 1.03. The number of aliphatic imine (C=N–C) groups is 1. The van der Waals surface area contributed by atoms with Crippen LogP contribution >= 0.6 is 12.6 Å². The standard InChI is InChI=1S/C16H19NO4S2.Na/c18-16(17-8-9-23(19,20)21)14(11-22)10-13-6-3-5-12-4-1-2-7-15(12)13;/h1-7,14,22H,8-11H2,(H,17,18)(H,19,20,21);/q;+1/p-1. The van der Waals surface area contributed by atoms with Gasteiger partial charge in [-0.05, 0) is 40.3 Å². The Balaban J connectivity index is 0.00000288. The molecule has 5 nitrogen and oxygen atoms in total. The van der Waals surface area contributed by atoms with Gasteiger partial charge in [0.25, 0.3) is 10.1 Å². The number of hydrogen-bond acceptors (Lipinski definition) is 5. The summed E-state index contributed by atoms with van der Waals surface area (Å²) in [6.45, 7) is -0.239. The first-order valence-electron chi connectivity index (χ1n) is 7.14. The van der Waals surface area contributed by atoms with Crippen molar-refractivity contribution in [3.8, 4) is 0 Å². The molecule has 24 heavy (non-hydrogen) atoms. The van der Waals surface area contributed by atoms with Crippen molar-refractivity contribution in [3.63, 3.8) is 0 Å². The van der Waals surface area contributed by atoms with Crippen molar-refractivity contribution >= 4 is 39.4 Å². The summed E-state index contributed by atoms with van der Waals surface area (Å²) in [7, 11) is -4.10. The molecule has 0 fully saturated rings. The van der Waals surface area contributed by atoms with Crippen molar-refractivity contribution in [1.82, 2.24) is 0 Å². The van der Waals surface area contributed by atoms with Gasteiger partial charge < -0.3 is 10.1 Å². The van der Waals surface area contributed by atoms with Crippen molar-refractivity contribution in [3.05, 3.63) is 48.0 Å². The van der Waals surface area contributed by atoms with Gasteiger partial charge in [0.15, 0.2) is 0 Å². The van der Waals surface area contributed by atoms with Crippen molar-refractivity contribution in [2.24, 2.45) is 10.9 Å². The van der Waals surface area contributed by atoms with Crippen molar-refractivity contribution < 1.29 is 47.6 Å². The zero-order chi connectivity index (χ0) is 16.9. The summed E-state index contributed by atoms with van der Waals surface area (Å²) in [5.74, 6) is -1.05. The van der Waals surface area contributed by atoms with Crippen LogP contribution in [0.2, 0.25) is 0 Å². The fourth-order valence-corrected chi connectivity index (χ4v) is 2.97. The van der Waals surface area contributed by atoms with Crippen LogP contribution in [0.3, 0.4) is 0 Å². The summed E-state index contributed by atoms with van der Waals surface area (Å²) >= 11 is 4.21. The van der Waals surface area contributed by atoms with E-state index in [2.05, 4.69) is 17.6 Å². The summed E-state index contributed by atoms with van der Waals surface area (Å²) in [6, 6.07) is 13.8. The van der Waals surface area contributed by atoms with Crippen molar-refractivity contribution in [2.45, 2.75) is 6.42 Å². The molecule has 1 N–H and O–H groups in total. The molecule has 0 saturated carbocycles. The van der Waals surface area contributed by atoms with E-state index in [4.69, 9.17) is 4.55 Å². The topological polar surface area (TPSA) is 89.8 Å². The average molecular weight is 375 g/mol. The second-order valence-corrected chi connectivity index (χ2v) is 7.17. The molecule has 0 saturated heterocycles. The van der Waals surface area contributed by atoms with Gasteiger partial charge in [0, 0.05) is 0 Å². The Morgan fingerprint density at radius 3 is 2.54 bits per heavy atom. The molecule has 2 rings (SSSR count). The van der Waals surface area contributed by atoms with Gasteiger partial charge in [0.05, 0.1) is 12.3 Å². The van der Waals surface area contributed by atoms with Gasteiger partial charge in [0.2, 0.25) is 0 Å². The summed E-state index contributed by atoms with van der Waals surface area (Å²) in [4.78, 5) is 3.73. The predicted molar refractivity (Wildman–Crippen MR) is 93.7 cm³/mol. The van der Waals surface area contributed by atoms with Gasteiger partial charge >= 0.3 is 29.6 Å². The molecule has 0 spiro atoms. The molecule has 0 heterocycles. The zero-order valence-corrected chi connectivity index (χ0v) is 17.1. The molecular weight excluding hydrogens is 357 g/mol. The van der Waals surface area contributed by atoms with Gasteiger partial charge in [-0.2, -0.15) is 21.0 Å². The number of rotatable bonds is 7. The van der Waals surface area contributed by atoms with Crippen LogP contribution in [0.4, 0.5) is 0 Å². The van der Waals surface area contributed by atoms with E-state index < -0.39 is 27.7 Å². The summed E-state index contributed by atoms with van der Waals surface area (Å²) in [6.07, 6.45) is 0.485. The third-order valence-electron chi connectivity index (χ3n) is 3.53. The van der Waals surface area contributed by atoms with Crippen molar-refractivity contribution in [1.29, 1.82) is 0 Å². The molecule has 0 aliphatic carbocycles. The summed E-state index contributed by atoms with van der Waals surface area (Å²) < 4.78 is 30.0. The maximum Gasteiger partial charge on any atom is 1.00 e. The van der Waals surface area contributed by atoms with Crippen molar-refractivity contribution in [2.75, 3.05) is 18.1 Å². The molecule has 0 aliphatic rings. The second kappa shape index (κ2) is 9.79. The third-order valence-corrected chi connectivity index (χ3v) is 4.67. The largest absolute Gasteiger partial charge is 1.00 e. The maximum atomic E-state index is 12.1. The minimum atomic E-state index is -4.10. The molecule has 0 aliphatic heterocycles. The van der Waals surface area contributed by atoms with E-state index in [1.807, 2.05) is 42.5 Å². The molecule has 1 unspecified atom stereocenters. The van der Waals surface area contributed by atoms with E-state index in [0.717, 1.165) is 16.3 Å². The molecule has 2 aromatic carbocycles. The zero-order valence-electron chi connectivity index (χ0n) is 13.4. The van der Waals surface area contributed by atoms with Crippen LogP contribution in [0.15, 0.2) is 47.5 Å². The Kier molecular flexibility index (Phi) is 8.76. The second-order valence-electron chi connectivity index (χ2n) is 5.23. The van der Waals surface area contributed by atoms with Crippen LogP contribution in [0, 0.1) is 5.92 Å².